The predicted octanol–water partition coefficient (Wildman–Crippen LogP) is 4.10. The van der Waals surface area contributed by atoms with Crippen molar-refractivity contribution >= 4 is 34.1 Å². The van der Waals surface area contributed by atoms with Gasteiger partial charge in [-0.25, -0.2) is 19.3 Å². The molecule has 4 aromatic heterocycles. The number of carbonyl (C=O) groups excluding carboxylic acids is 1. The maximum Gasteiger partial charge on any atom is 0.316 e. The number of aryl methyl sites for hydroxylation is 1. The Morgan fingerprint density at radius 3 is 2.70 bits per heavy atom. The van der Waals surface area contributed by atoms with E-state index in [0.717, 1.165) is 5.56 Å². The number of nitrogens with two attached hydrogens (primary N) is 1. The fourth-order valence-electron chi connectivity index (χ4n) is 4.89. The maximum absolute atomic E-state index is 13.7. The molecule has 6 rings (SSSR count). The summed E-state index contributed by atoms with van der Waals surface area (Å²) >= 11 is 0. The Morgan fingerprint density at radius 2 is 1.93 bits per heavy atom. The van der Waals surface area contributed by atoms with E-state index in [1.54, 1.807) is 33.6 Å². The van der Waals surface area contributed by atoms with Crippen LogP contribution in [0.2, 0.25) is 0 Å². The van der Waals surface area contributed by atoms with Gasteiger partial charge in [0.05, 0.1) is 17.1 Å². The van der Waals surface area contributed by atoms with Crippen LogP contribution in [0.5, 0.6) is 5.75 Å². The van der Waals surface area contributed by atoms with Crippen molar-refractivity contribution in [1.29, 1.82) is 0 Å². The van der Waals surface area contributed by atoms with Gasteiger partial charge in [0.25, 0.3) is 5.56 Å². The molecule has 12 heteroatoms. The van der Waals surface area contributed by atoms with E-state index in [2.05, 4.69) is 25.6 Å². The molecule has 0 aliphatic carbocycles. The number of hydrogen-bond donors (Lipinski definition) is 5. The molecule has 0 saturated heterocycles. The standard InChI is InChI=1S/C28H25N9O3/c1-15-8-9-36-23(15)27(39)37(19-6-4-3-5-7-19)26(35-36)16(2)33-25-22-21(13-30-24(22)31-14-32-25)17-10-18(34-28(29)40)12-20(38)11-17/h3-14,16,38H,1-2H3,(H3,29,34,40)(H2,30,31,32,33)/t16-/m0/s1. The molecule has 6 aromatic rings. The minimum atomic E-state index is -0.748. The number of aromatic nitrogens is 6. The second kappa shape index (κ2) is 9.58. The van der Waals surface area contributed by atoms with E-state index in [9.17, 15) is 14.7 Å². The monoisotopic (exact) mass is 535 g/mol. The number of aromatic amines is 1. The summed E-state index contributed by atoms with van der Waals surface area (Å²) in [4.78, 5) is 37.1. The molecule has 0 radical (unpaired) electrons. The minimum absolute atomic E-state index is 0.0540. The van der Waals surface area contributed by atoms with Crippen molar-refractivity contribution in [1.82, 2.24) is 29.1 Å². The molecule has 0 bridgehead atoms. The van der Waals surface area contributed by atoms with Crippen molar-refractivity contribution < 1.29 is 9.90 Å². The summed E-state index contributed by atoms with van der Waals surface area (Å²) in [6.07, 6.45) is 4.94. The lowest BCUT2D eigenvalue weighted by molar-refractivity contribution is 0.259. The highest BCUT2D eigenvalue weighted by Gasteiger charge is 2.22. The normalized spacial score (nSPS) is 12.1. The molecule has 6 N–H and O–H groups in total. The Balaban J connectivity index is 1.48. The summed E-state index contributed by atoms with van der Waals surface area (Å²) in [5.41, 5.74) is 9.28. The third-order valence-corrected chi connectivity index (χ3v) is 6.63. The van der Waals surface area contributed by atoms with Gasteiger partial charge in [-0.3, -0.25) is 9.36 Å². The van der Waals surface area contributed by atoms with Gasteiger partial charge in [0, 0.05) is 29.7 Å². The molecule has 0 unspecified atom stereocenters. The van der Waals surface area contributed by atoms with Crippen LogP contribution in [-0.2, 0) is 0 Å². The predicted molar refractivity (Wildman–Crippen MR) is 152 cm³/mol. The summed E-state index contributed by atoms with van der Waals surface area (Å²) < 4.78 is 3.20. The first-order valence-corrected chi connectivity index (χ1v) is 12.5. The van der Waals surface area contributed by atoms with E-state index in [1.807, 2.05) is 50.2 Å². The number of phenolic OH excluding ortho intramolecular Hbond substituents is 1. The number of fused-ring (bicyclic) bond motifs is 2. The SMILES string of the molecule is Cc1ccn2nc([C@H](C)Nc3ncnc4[nH]cc(-c5cc(O)cc(NC(N)=O)c5)c34)n(-c3ccccc3)c(=O)c12. The van der Waals surface area contributed by atoms with Crippen LogP contribution in [0.25, 0.3) is 33.4 Å². The number of nitrogens with one attached hydrogen (secondary N) is 3. The van der Waals surface area contributed by atoms with Gasteiger partial charge in [0.15, 0.2) is 5.82 Å². The van der Waals surface area contributed by atoms with E-state index in [-0.39, 0.29) is 11.3 Å². The van der Waals surface area contributed by atoms with Crippen LogP contribution in [0.4, 0.5) is 16.3 Å². The lowest BCUT2D eigenvalue weighted by atomic mass is 10.0. The van der Waals surface area contributed by atoms with E-state index in [1.165, 1.54) is 12.4 Å². The molecule has 4 heterocycles. The number of carbonyl (C=O) groups is 1. The molecule has 40 heavy (non-hydrogen) atoms. The van der Waals surface area contributed by atoms with Gasteiger partial charge < -0.3 is 26.5 Å². The Hall–Kier alpha value is -5.65. The smallest absolute Gasteiger partial charge is 0.316 e. The van der Waals surface area contributed by atoms with Gasteiger partial charge in [0.1, 0.15) is 29.1 Å². The van der Waals surface area contributed by atoms with Crippen molar-refractivity contribution in [3.05, 3.63) is 95.1 Å². The number of aromatic hydroxyl groups is 1. The van der Waals surface area contributed by atoms with Crippen molar-refractivity contribution in [3.8, 4) is 22.6 Å². The van der Waals surface area contributed by atoms with E-state index in [0.29, 0.717) is 50.7 Å². The van der Waals surface area contributed by atoms with E-state index < -0.39 is 12.1 Å². The molecule has 0 saturated carbocycles. The van der Waals surface area contributed by atoms with Crippen molar-refractivity contribution in [2.75, 3.05) is 10.6 Å². The van der Waals surface area contributed by atoms with E-state index >= 15 is 0 Å². The van der Waals surface area contributed by atoms with Gasteiger partial charge in [-0.2, -0.15) is 5.10 Å². The molecular weight excluding hydrogens is 510 g/mol. The van der Waals surface area contributed by atoms with Gasteiger partial charge in [-0.05, 0) is 55.3 Å². The first kappa shape index (κ1) is 24.7. The zero-order valence-corrected chi connectivity index (χ0v) is 21.6. The highest BCUT2D eigenvalue weighted by atomic mass is 16.3. The molecule has 0 aliphatic rings. The fourth-order valence-corrected chi connectivity index (χ4v) is 4.89. The highest BCUT2D eigenvalue weighted by Crippen LogP contribution is 2.36. The molecule has 0 fully saturated rings. The lowest BCUT2D eigenvalue weighted by Gasteiger charge is -2.20. The van der Waals surface area contributed by atoms with Gasteiger partial charge in [0.2, 0.25) is 0 Å². The number of para-hydroxylation sites is 1. The first-order valence-electron chi connectivity index (χ1n) is 12.5. The van der Waals surface area contributed by atoms with Crippen LogP contribution in [0, 0.1) is 6.92 Å². The van der Waals surface area contributed by atoms with Gasteiger partial charge in [-0.1, -0.05) is 18.2 Å². The number of urea groups is 1. The zero-order chi connectivity index (χ0) is 28.0. The van der Waals surface area contributed by atoms with Crippen LogP contribution < -0.4 is 21.9 Å². The number of primary amides is 1. The molecule has 2 amide bonds. The number of nitrogens with zero attached hydrogens (tertiary/aromatic N) is 5. The zero-order valence-electron chi connectivity index (χ0n) is 21.6. The number of phenols is 1. The minimum Gasteiger partial charge on any atom is -0.508 e. The van der Waals surface area contributed by atoms with Gasteiger partial charge in [-0.15, -0.1) is 0 Å². The largest absolute Gasteiger partial charge is 0.508 e. The number of anilines is 2. The second-order valence-electron chi connectivity index (χ2n) is 9.40. The van der Waals surface area contributed by atoms with Crippen molar-refractivity contribution in [2.24, 2.45) is 5.73 Å². The van der Waals surface area contributed by atoms with Crippen LogP contribution in [-0.4, -0.2) is 40.3 Å². The average Bonchev–Trinajstić information content (AvgIpc) is 3.53. The van der Waals surface area contributed by atoms with Crippen LogP contribution in [0.15, 0.2) is 78.1 Å². The quantitative estimate of drug-likeness (QED) is 0.214. The molecule has 2 aromatic carbocycles. The number of rotatable bonds is 6. The summed E-state index contributed by atoms with van der Waals surface area (Å²) in [5, 5.41) is 21.7. The maximum atomic E-state index is 13.7. The van der Waals surface area contributed by atoms with Crippen molar-refractivity contribution in [3.63, 3.8) is 0 Å². The van der Waals surface area contributed by atoms with Crippen LogP contribution in [0.1, 0.15) is 24.4 Å². The molecular formula is C28H25N9O3. The fraction of sp³-hybridized carbons (Fsp3) is 0.107. The Bertz CT molecular complexity index is 1960. The molecule has 0 spiro atoms. The Kier molecular flexibility index (Phi) is 5.91. The number of benzene rings is 2. The second-order valence-corrected chi connectivity index (χ2v) is 9.40. The molecule has 12 nitrogen and oxygen atoms in total. The number of hydrogen-bond acceptors (Lipinski definition) is 7. The number of amides is 2. The third-order valence-electron chi connectivity index (χ3n) is 6.63. The first-order chi connectivity index (χ1) is 19.3. The topological polar surface area (TPSA) is 168 Å². The van der Waals surface area contributed by atoms with Crippen LogP contribution in [0.3, 0.4) is 0 Å². The molecule has 1 atom stereocenters. The third kappa shape index (κ3) is 4.26. The molecule has 0 aliphatic heterocycles. The summed E-state index contributed by atoms with van der Waals surface area (Å²) in [5.74, 6) is 0.911. The Morgan fingerprint density at radius 1 is 1.12 bits per heavy atom. The number of H-pyrrole nitrogens is 1. The summed E-state index contributed by atoms with van der Waals surface area (Å²) in [6, 6.07) is 14.6. The highest BCUT2D eigenvalue weighted by molar-refractivity contribution is 6.02. The van der Waals surface area contributed by atoms with E-state index in [4.69, 9.17) is 10.8 Å². The summed E-state index contributed by atoms with van der Waals surface area (Å²) in [6.45, 7) is 3.78. The van der Waals surface area contributed by atoms with Crippen LogP contribution >= 0.6 is 0 Å². The van der Waals surface area contributed by atoms with Gasteiger partial charge >= 0.3 is 6.03 Å². The Labute approximate surface area is 227 Å². The molecule has 200 valence electrons. The van der Waals surface area contributed by atoms with Crippen molar-refractivity contribution in [2.45, 2.75) is 19.9 Å². The lowest BCUT2D eigenvalue weighted by Crippen LogP contribution is -2.29. The average molecular weight is 536 g/mol. The summed E-state index contributed by atoms with van der Waals surface area (Å²) in [7, 11) is 0.